The second kappa shape index (κ2) is 28.4. The van der Waals surface area contributed by atoms with Crippen LogP contribution in [0.3, 0.4) is 0 Å². The van der Waals surface area contributed by atoms with Gasteiger partial charge in [-0.2, -0.15) is 0 Å². The number of carbonyl (C=O) groups is 1. The number of benzene rings is 1. The fraction of sp³-hybridized carbons (Fsp3) is 0.427. The fourth-order valence-corrected chi connectivity index (χ4v) is 23.2. The van der Waals surface area contributed by atoms with Gasteiger partial charge >= 0.3 is 0 Å². The minimum Gasteiger partial charge on any atom is -0.329 e. The van der Waals surface area contributed by atoms with Gasteiger partial charge in [-0.25, -0.2) is 0 Å². The van der Waals surface area contributed by atoms with Crippen molar-refractivity contribution in [2.24, 2.45) is 47.3 Å². The smallest absolute Gasteiger partial charge is 0.211 e. The van der Waals surface area contributed by atoms with E-state index in [2.05, 4.69) is 240 Å². The van der Waals surface area contributed by atoms with Crippen molar-refractivity contribution in [1.82, 2.24) is 0 Å². The van der Waals surface area contributed by atoms with Crippen LogP contribution >= 0.6 is 102 Å². The van der Waals surface area contributed by atoms with Gasteiger partial charge in [-0.3, -0.25) is 4.79 Å². The molecule has 10 aromatic rings. The molecule has 0 bridgehead atoms. The summed E-state index contributed by atoms with van der Waals surface area (Å²) < 4.78 is 0. The monoisotopic (exact) mass is 1310 g/mol. The van der Waals surface area contributed by atoms with Crippen LogP contribution in [0.4, 0.5) is 5.69 Å². The Morgan fingerprint density at radius 2 is 0.581 bits per heavy atom. The first-order valence-electron chi connectivity index (χ1n) is 31.5. The molecule has 0 saturated heterocycles. The van der Waals surface area contributed by atoms with Crippen molar-refractivity contribution < 1.29 is 4.79 Å². The van der Waals surface area contributed by atoms with Crippen LogP contribution in [-0.2, 0) is 56.2 Å². The van der Waals surface area contributed by atoms with Gasteiger partial charge in [-0.15, -0.1) is 102 Å². The van der Waals surface area contributed by atoms with Crippen LogP contribution in [-0.4, -0.2) is 6.41 Å². The van der Waals surface area contributed by atoms with Gasteiger partial charge < -0.3 is 5.32 Å². The number of amides is 1. The maximum Gasteiger partial charge on any atom is 0.211 e. The molecule has 10 rings (SSSR count). The Labute approximate surface area is 551 Å². The standard InChI is InChI=1S/C75H89NOS9/c1-41(2)23-49-31-62(78-39-49)69-52(25-43(5)6)33-64(81-69)71-54(27-45(9)10)35-66(83-71)73-56(29-47(13)14)37-68(85-73)75-57(30-48(15)16)38-67(86-75)74-55(28-46(11)12)36-65(84-74)72-53(26-44(7)8)34-63(82-72)70-51(24-42(3)4)32-61(80-70)60-22-21-59(79-60)50-17-19-58(20-18-50)76-40-77/h17-22,31-48H,23-30H2,1-16H3,(H,76,77). The Balaban J connectivity index is 1.04. The molecule has 0 aliphatic heterocycles. The quantitative estimate of drug-likeness (QED) is 0.0511. The van der Waals surface area contributed by atoms with E-state index in [1.54, 1.807) is 0 Å². The summed E-state index contributed by atoms with van der Waals surface area (Å²) in [5, 5.41) is 5.18. The molecule has 9 aromatic heterocycles. The molecule has 2 nitrogen and oxygen atoms in total. The van der Waals surface area contributed by atoms with Crippen LogP contribution in [0, 0.1) is 47.3 Å². The number of hydrogen-bond donors (Lipinski definition) is 1. The van der Waals surface area contributed by atoms with Crippen molar-refractivity contribution in [1.29, 1.82) is 0 Å². The van der Waals surface area contributed by atoms with Crippen molar-refractivity contribution in [3.63, 3.8) is 0 Å². The van der Waals surface area contributed by atoms with E-state index >= 15 is 0 Å². The van der Waals surface area contributed by atoms with Crippen LogP contribution in [0.15, 0.2) is 90.3 Å². The van der Waals surface area contributed by atoms with E-state index in [1.165, 1.54) is 133 Å². The molecule has 0 atom stereocenters. The first-order valence-corrected chi connectivity index (χ1v) is 38.9. The summed E-state index contributed by atoms with van der Waals surface area (Å²) in [7, 11) is 0. The number of thiophene rings is 9. The summed E-state index contributed by atoms with van der Waals surface area (Å²) in [6.45, 7) is 38.0. The van der Waals surface area contributed by atoms with Crippen LogP contribution in [0.25, 0.3) is 88.5 Å². The Morgan fingerprint density at radius 1 is 0.302 bits per heavy atom. The van der Waals surface area contributed by atoms with E-state index < -0.39 is 0 Å². The minimum atomic E-state index is 0.537. The molecule has 86 heavy (non-hydrogen) atoms. The summed E-state index contributed by atoms with van der Waals surface area (Å²) in [5.74, 6) is 4.52. The van der Waals surface area contributed by atoms with E-state index in [0.717, 1.165) is 63.5 Å². The number of carbonyl (C=O) groups excluding carboxylic acids is 1. The third-order valence-electron chi connectivity index (χ3n) is 15.2. The topological polar surface area (TPSA) is 29.1 Å². The fourth-order valence-electron chi connectivity index (χ4n) is 11.9. The summed E-state index contributed by atoms with van der Waals surface area (Å²) in [6.07, 6.45) is 9.36. The molecule has 0 spiro atoms. The summed E-state index contributed by atoms with van der Waals surface area (Å²) >= 11 is 18.1. The van der Waals surface area contributed by atoms with Gasteiger partial charge in [0.25, 0.3) is 0 Å². The van der Waals surface area contributed by atoms with Gasteiger partial charge in [0.1, 0.15) is 0 Å². The highest BCUT2D eigenvalue weighted by atomic mass is 32.1. The Kier molecular flexibility index (Phi) is 21.5. The first-order chi connectivity index (χ1) is 41.0. The highest BCUT2D eigenvalue weighted by Gasteiger charge is 2.28. The van der Waals surface area contributed by atoms with Gasteiger partial charge in [0.15, 0.2) is 0 Å². The SMILES string of the molecule is CC(C)Cc1csc(-c2sc(-c3sc(-c4sc(-c5sc(-c6sc(-c7sc(-c8sc(-c9ccc(-c%10ccc(NC=O)cc%10)s9)cc8CC(C)C)cc7CC(C)C)cc6CC(C)C)cc5CC(C)C)cc4CC(C)C)cc3CC(C)C)cc2CC(C)C)c1. The third kappa shape index (κ3) is 15.6. The second-order valence-corrected chi connectivity index (χ2v) is 36.7. The van der Waals surface area contributed by atoms with E-state index in [1.807, 2.05) is 68.8 Å². The lowest BCUT2D eigenvalue weighted by Gasteiger charge is -2.05. The zero-order chi connectivity index (χ0) is 61.2. The van der Waals surface area contributed by atoms with E-state index in [4.69, 9.17) is 0 Å². The maximum absolute atomic E-state index is 11.1. The van der Waals surface area contributed by atoms with Crippen molar-refractivity contribution in [2.75, 3.05) is 5.32 Å². The van der Waals surface area contributed by atoms with Gasteiger partial charge in [0, 0.05) is 88.6 Å². The molecule has 1 aromatic carbocycles. The molecule has 0 aliphatic rings. The van der Waals surface area contributed by atoms with Crippen molar-refractivity contribution in [3.8, 4) is 88.5 Å². The van der Waals surface area contributed by atoms with Crippen molar-refractivity contribution in [3.05, 3.63) is 135 Å². The molecule has 0 saturated carbocycles. The normalized spacial score (nSPS) is 12.3. The number of hydrogen-bond acceptors (Lipinski definition) is 10. The summed E-state index contributed by atoms with van der Waals surface area (Å²) in [6, 6.07) is 33.3. The molecule has 9 heterocycles. The average Bonchev–Trinajstić information content (AvgIpc) is 1.78. The molecule has 1 amide bonds. The molecule has 1 N–H and O–H groups in total. The molecular weight excluding hydrogens is 1220 g/mol. The van der Waals surface area contributed by atoms with Crippen LogP contribution in [0.1, 0.15) is 155 Å². The van der Waals surface area contributed by atoms with Crippen LogP contribution in [0.5, 0.6) is 0 Å². The van der Waals surface area contributed by atoms with E-state index in [-0.39, 0.29) is 0 Å². The van der Waals surface area contributed by atoms with Gasteiger partial charge in [0.2, 0.25) is 6.41 Å². The number of rotatable bonds is 27. The first kappa shape index (κ1) is 65.0. The van der Waals surface area contributed by atoms with Gasteiger partial charge in [-0.1, -0.05) is 123 Å². The lowest BCUT2D eigenvalue weighted by molar-refractivity contribution is -0.105. The molecule has 0 radical (unpaired) electrons. The second-order valence-electron chi connectivity index (χ2n) is 27.4. The number of nitrogens with one attached hydrogen (secondary N) is 1. The highest BCUT2D eigenvalue weighted by molar-refractivity contribution is 7.32. The van der Waals surface area contributed by atoms with E-state index in [9.17, 15) is 4.79 Å². The van der Waals surface area contributed by atoms with Crippen LogP contribution < -0.4 is 5.32 Å². The molecule has 0 unspecified atom stereocenters. The van der Waals surface area contributed by atoms with Crippen molar-refractivity contribution in [2.45, 2.75) is 162 Å². The summed E-state index contributed by atoms with van der Waals surface area (Å²) in [4.78, 5) is 35.3. The zero-order valence-electron chi connectivity index (χ0n) is 53.6. The summed E-state index contributed by atoms with van der Waals surface area (Å²) in [5.41, 5.74) is 13.9. The lowest BCUT2D eigenvalue weighted by atomic mass is 9.99. The van der Waals surface area contributed by atoms with E-state index in [0.29, 0.717) is 47.3 Å². The highest BCUT2D eigenvalue weighted by Crippen LogP contribution is 2.55. The Bertz CT molecular complexity index is 3870. The maximum atomic E-state index is 11.1. The molecule has 0 fully saturated rings. The van der Waals surface area contributed by atoms with Crippen molar-refractivity contribution >= 4 is 114 Å². The van der Waals surface area contributed by atoms with Crippen LogP contribution in [0.2, 0.25) is 0 Å². The minimum absolute atomic E-state index is 0.537. The third-order valence-corrected chi connectivity index (χ3v) is 27.0. The average molecular weight is 1310 g/mol. The predicted molar refractivity (Wildman–Crippen MR) is 394 cm³/mol. The zero-order valence-corrected chi connectivity index (χ0v) is 60.9. The number of anilines is 1. The lowest BCUT2D eigenvalue weighted by Crippen LogP contribution is -1.94. The predicted octanol–water partition coefficient (Wildman–Crippen LogP) is 26.4. The molecule has 0 aliphatic carbocycles. The molecular formula is C75H89NOS9. The van der Waals surface area contributed by atoms with Gasteiger partial charge in [-0.05, 0) is 227 Å². The largest absolute Gasteiger partial charge is 0.329 e. The van der Waals surface area contributed by atoms with Gasteiger partial charge in [0.05, 0.1) is 0 Å². The molecule has 454 valence electrons. The Hall–Kier alpha value is -4.01. The Morgan fingerprint density at radius 3 is 0.884 bits per heavy atom. The molecule has 11 heteroatoms.